The van der Waals surface area contributed by atoms with Crippen LogP contribution in [0, 0.1) is 6.92 Å². The van der Waals surface area contributed by atoms with Crippen molar-refractivity contribution in [3.63, 3.8) is 0 Å². The normalized spacial score (nSPS) is 18.6. The minimum absolute atomic E-state index is 0.0955. The third-order valence-electron chi connectivity index (χ3n) is 5.29. The predicted molar refractivity (Wildman–Crippen MR) is 119 cm³/mol. The van der Waals surface area contributed by atoms with Crippen molar-refractivity contribution in [2.75, 3.05) is 6.61 Å². The second-order valence-corrected chi connectivity index (χ2v) is 8.25. The number of aromatic nitrogens is 4. The highest BCUT2D eigenvalue weighted by Gasteiger charge is 2.32. The maximum atomic E-state index is 13.1. The molecule has 34 heavy (non-hydrogen) atoms. The van der Waals surface area contributed by atoms with E-state index in [4.69, 9.17) is 23.6 Å². The Hall–Kier alpha value is -3.53. The number of aryl methyl sites for hydroxylation is 1. The molecule has 176 valence electrons. The molecule has 1 atom stereocenters. The molecule has 0 unspecified atom stereocenters. The van der Waals surface area contributed by atoms with Crippen LogP contribution in [0.15, 0.2) is 53.5 Å². The van der Waals surface area contributed by atoms with Gasteiger partial charge in [0.25, 0.3) is 5.89 Å². The minimum atomic E-state index is -4.55. The summed E-state index contributed by atoms with van der Waals surface area (Å²) in [4.78, 5) is 8.57. The van der Waals surface area contributed by atoms with Gasteiger partial charge in [0.05, 0.1) is 16.6 Å². The van der Waals surface area contributed by atoms with Gasteiger partial charge >= 0.3 is 6.18 Å². The van der Waals surface area contributed by atoms with Gasteiger partial charge < -0.3 is 19.0 Å². The van der Waals surface area contributed by atoms with E-state index in [0.717, 1.165) is 17.8 Å². The summed E-state index contributed by atoms with van der Waals surface area (Å²) in [5.74, 6) is 0.910. The molecule has 1 aromatic carbocycles. The first kappa shape index (κ1) is 19.9. The number of nitrogens with one attached hydrogen (secondary N) is 1. The van der Waals surface area contributed by atoms with E-state index >= 15 is 0 Å². The Morgan fingerprint density at radius 2 is 2.15 bits per heavy atom. The van der Waals surface area contributed by atoms with Crippen LogP contribution in [0.25, 0.3) is 28.6 Å². The highest BCUT2D eigenvalue weighted by Crippen LogP contribution is 2.33. The van der Waals surface area contributed by atoms with Crippen molar-refractivity contribution in [3.8, 4) is 28.7 Å². The fourth-order valence-electron chi connectivity index (χ4n) is 3.59. The summed E-state index contributed by atoms with van der Waals surface area (Å²) in [7, 11) is 0. The summed E-state index contributed by atoms with van der Waals surface area (Å²) in [6.45, 7) is 5.83. The van der Waals surface area contributed by atoms with Gasteiger partial charge in [-0.25, -0.2) is 4.98 Å². The average molecular weight is 492 g/mol. The van der Waals surface area contributed by atoms with Crippen LogP contribution >= 0.6 is 11.6 Å². The third-order valence-corrected chi connectivity index (χ3v) is 5.57. The Kier molecular flexibility index (Phi) is 4.89. The molecule has 0 radical (unpaired) electrons. The van der Waals surface area contributed by atoms with Gasteiger partial charge in [-0.1, -0.05) is 23.3 Å². The molecule has 1 N–H and O–H groups in total. The molecule has 1 fully saturated rings. The number of imidazole rings is 1. The van der Waals surface area contributed by atoms with E-state index in [0.29, 0.717) is 17.0 Å². The van der Waals surface area contributed by atoms with Crippen molar-refractivity contribution in [3.05, 3.63) is 65.1 Å². The predicted octanol–water partition coefficient (Wildman–Crippen LogP) is 5.68. The molecule has 0 aliphatic carbocycles. The fourth-order valence-corrected chi connectivity index (χ4v) is 3.85. The average Bonchev–Trinajstić information content (AvgIpc) is 3.50. The lowest BCUT2D eigenvalue weighted by atomic mass is 10.1. The monoisotopic (exact) mass is 491 g/mol. The van der Waals surface area contributed by atoms with E-state index in [2.05, 4.69) is 27.0 Å². The Balaban J connectivity index is 1.34. The van der Waals surface area contributed by atoms with Crippen LogP contribution in [0.1, 0.15) is 26.7 Å². The number of fused-ring (bicyclic) bond motifs is 1. The number of hydrogen-bond donors (Lipinski definition) is 1. The van der Waals surface area contributed by atoms with Crippen LogP contribution in [0.3, 0.4) is 0 Å². The van der Waals surface area contributed by atoms with Gasteiger partial charge in [-0.15, -0.1) is 0 Å². The molecule has 0 bridgehead atoms. The van der Waals surface area contributed by atoms with Crippen LogP contribution in [0.4, 0.5) is 13.2 Å². The van der Waals surface area contributed by atoms with Crippen molar-refractivity contribution < 1.29 is 25.2 Å². The zero-order valence-corrected chi connectivity index (χ0v) is 18.5. The van der Waals surface area contributed by atoms with Crippen LogP contribution in [-0.4, -0.2) is 32.2 Å². The quantitative estimate of drug-likeness (QED) is 0.387. The van der Waals surface area contributed by atoms with E-state index in [1.54, 1.807) is 18.2 Å². The number of allylic oxidation sites excluding steroid dienone is 1. The minimum Gasteiger partial charge on any atom is -0.491 e. The Labute approximate surface area is 200 Å². The second kappa shape index (κ2) is 8.35. The van der Waals surface area contributed by atoms with Gasteiger partial charge in [0.15, 0.2) is 5.65 Å². The van der Waals surface area contributed by atoms with Crippen LogP contribution in [0.5, 0.6) is 5.75 Å². The SMILES string of the molecule is [2H]C1([2H])C[C@@H](COc2ccc(-c3nc(-c4cn5cc(C(F)(F)F)cc(Cl)c5n4)no3)cc2C)NC1=C. The van der Waals surface area contributed by atoms with Crippen LogP contribution in [0.2, 0.25) is 5.02 Å². The molecule has 4 aromatic rings. The molecular formula is C23H19ClF3N5O2. The first-order chi connectivity index (χ1) is 16.9. The highest BCUT2D eigenvalue weighted by molar-refractivity contribution is 6.33. The molecule has 11 heteroatoms. The van der Waals surface area contributed by atoms with Crippen molar-refractivity contribution in [1.29, 1.82) is 0 Å². The smallest absolute Gasteiger partial charge is 0.417 e. The van der Waals surface area contributed by atoms with E-state index in [1.165, 1.54) is 10.6 Å². The molecule has 0 amide bonds. The van der Waals surface area contributed by atoms with Gasteiger partial charge in [-0.2, -0.15) is 18.2 Å². The molecule has 0 saturated carbocycles. The first-order valence-corrected chi connectivity index (χ1v) is 10.6. The summed E-state index contributed by atoms with van der Waals surface area (Å²) in [6, 6.07) is 5.91. The summed E-state index contributed by atoms with van der Waals surface area (Å²) in [5.41, 5.74) is 1.20. The summed E-state index contributed by atoms with van der Waals surface area (Å²) >= 11 is 6.00. The zero-order valence-electron chi connectivity index (χ0n) is 19.8. The molecule has 1 aliphatic rings. The van der Waals surface area contributed by atoms with Crippen molar-refractivity contribution in [1.82, 2.24) is 24.8 Å². The van der Waals surface area contributed by atoms with Crippen molar-refractivity contribution in [2.24, 2.45) is 0 Å². The van der Waals surface area contributed by atoms with E-state index < -0.39 is 18.1 Å². The molecule has 3 aromatic heterocycles. The number of alkyl halides is 3. The lowest BCUT2D eigenvalue weighted by molar-refractivity contribution is -0.137. The Bertz CT molecular complexity index is 1480. The topological polar surface area (TPSA) is 77.5 Å². The van der Waals surface area contributed by atoms with Gasteiger partial charge in [0, 0.05) is 26.4 Å². The number of nitrogens with zero attached hydrogens (tertiary/aromatic N) is 4. The summed E-state index contributed by atoms with van der Waals surface area (Å²) < 4.78 is 67.4. The largest absolute Gasteiger partial charge is 0.491 e. The maximum absolute atomic E-state index is 13.1. The highest BCUT2D eigenvalue weighted by atomic mass is 35.5. The number of halogens is 4. The van der Waals surface area contributed by atoms with Crippen molar-refractivity contribution in [2.45, 2.75) is 31.9 Å². The van der Waals surface area contributed by atoms with E-state index in [-0.39, 0.29) is 47.1 Å². The van der Waals surface area contributed by atoms with Crippen LogP contribution < -0.4 is 10.1 Å². The molecule has 1 saturated heterocycles. The second-order valence-electron chi connectivity index (χ2n) is 7.85. The van der Waals surface area contributed by atoms with Gasteiger partial charge in [-0.3, -0.25) is 0 Å². The summed E-state index contributed by atoms with van der Waals surface area (Å²) in [6.07, 6.45) is -3.49. The standard InChI is InChI=1S/C23H19ClF3N5O2/c1-12-7-14(4-6-19(12)33-11-16-5-3-13(2)28-16)22-30-20(31-34-22)18-10-32-9-15(23(25,26)27)8-17(24)21(32)29-18/h4,6-10,16,28H,2-3,5,11H2,1H3/t16-/m0/s1/i3D2. The van der Waals surface area contributed by atoms with Crippen molar-refractivity contribution >= 4 is 17.2 Å². The van der Waals surface area contributed by atoms with E-state index in [1.807, 2.05) is 6.92 Å². The van der Waals surface area contributed by atoms with E-state index in [9.17, 15) is 13.2 Å². The molecule has 0 spiro atoms. The number of pyridine rings is 1. The number of hydrogen-bond acceptors (Lipinski definition) is 6. The lowest BCUT2D eigenvalue weighted by Crippen LogP contribution is -2.27. The molecule has 1 aliphatic heterocycles. The Morgan fingerprint density at radius 1 is 1.32 bits per heavy atom. The fraction of sp³-hybridized carbons (Fsp3) is 0.261. The summed E-state index contributed by atoms with van der Waals surface area (Å²) in [5, 5.41) is 6.77. The number of rotatable bonds is 5. The number of benzene rings is 1. The molecule has 4 heterocycles. The maximum Gasteiger partial charge on any atom is 0.417 e. The van der Waals surface area contributed by atoms with Gasteiger partial charge in [0.2, 0.25) is 5.82 Å². The number of ether oxygens (including phenoxy) is 1. The van der Waals surface area contributed by atoms with Gasteiger partial charge in [-0.05, 0) is 49.5 Å². The Morgan fingerprint density at radius 3 is 2.85 bits per heavy atom. The molecular weight excluding hydrogens is 471 g/mol. The first-order valence-electron chi connectivity index (χ1n) is 11.2. The molecule has 5 rings (SSSR count). The zero-order chi connectivity index (χ0) is 25.8. The lowest BCUT2D eigenvalue weighted by Gasteiger charge is -2.14. The van der Waals surface area contributed by atoms with Crippen LogP contribution in [-0.2, 0) is 6.18 Å². The third kappa shape index (κ3) is 4.33. The van der Waals surface area contributed by atoms with Gasteiger partial charge in [0.1, 0.15) is 18.1 Å². The molecule has 7 nitrogen and oxygen atoms in total.